The van der Waals surface area contributed by atoms with Crippen molar-refractivity contribution in [3.63, 3.8) is 0 Å². The molecule has 0 unspecified atom stereocenters. The molecule has 20 heavy (non-hydrogen) atoms. The van der Waals surface area contributed by atoms with Gasteiger partial charge in [-0.2, -0.15) is 0 Å². The van der Waals surface area contributed by atoms with Gasteiger partial charge in [0.05, 0.1) is 6.10 Å². The number of allylic oxidation sites excluding steroid dienone is 4. The second-order valence-corrected chi connectivity index (χ2v) is 6.72. The van der Waals surface area contributed by atoms with E-state index in [4.69, 9.17) is 5.73 Å². The lowest BCUT2D eigenvalue weighted by Gasteiger charge is -2.36. The van der Waals surface area contributed by atoms with Gasteiger partial charge in [-0.1, -0.05) is 37.6 Å². The van der Waals surface area contributed by atoms with Crippen molar-refractivity contribution < 1.29 is 5.11 Å². The second-order valence-electron chi connectivity index (χ2n) is 6.72. The zero-order valence-corrected chi connectivity index (χ0v) is 13.0. The summed E-state index contributed by atoms with van der Waals surface area (Å²) in [4.78, 5) is 0. The molecule has 0 aliphatic heterocycles. The van der Waals surface area contributed by atoms with Crippen LogP contribution in [0.15, 0.2) is 24.3 Å². The standard InChI is InChI=1S/C18H31NO/c1-3-4-6-14-9-10-15-7-5-8-16(15)17(14)11-12-18(20)13(2)19/h4,6,9-10,13-18,20H,3,5,7-8,11-12,19H2,1-2H3/b6-4+/t13-,14+,15-,16+,17+,18-/m0/s1. The van der Waals surface area contributed by atoms with Crippen molar-refractivity contribution in [1.29, 1.82) is 0 Å². The van der Waals surface area contributed by atoms with E-state index < -0.39 is 0 Å². The molecule has 2 rings (SSSR count). The summed E-state index contributed by atoms with van der Waals surface area (Å²) in [7, 11) is 0. The Labute approximate surface area is 124 Å². The van der Waals surface area contributed by atoms with Gasteiger partial charge < -0.3 is 10.8 Å². The van der Waals surface area contributed by atoms with Crippen LogP contribution >= 0.6 is 0 Å². The molecule has 1 fully saturated rings. The third kappa shape index (κ3) is 3.73. The van der Waals surface area contributed by atoms with E-state index in [1.54, 1.807) is 0 Å². The number of hydrogen-bond acceptors (Lipinski definition) is 2. The number of aliphatic hydroxyl groups excluding tert-OH is 1. The maximum absolute atomic E-state index is 10.00. The molecule has 0 amide bonds. The summed E-state index contributed by atoms with van der Waals surface area (Å²) >= 11 is 0. The zero-order chi connectivity index (χ0) is 14.5. The van der Waals surface area contributed by atoms with Gasteiger partial charge in [-0.25, -0.2) is 0 Å². The van der Waals surface area contributed by atoms with Gasteiger partial charge in [0, 0.05) is 6.04 Å². The van der Waals surface area contributed by atoms with Crippen molar-refractivity contribution in [1.82, 2.24) is 0 Å². The van der Waals surface area contributed by atoms with Crippen LogP contribution in [-0.2, 0) is 0 Å². The molecule has 0 bridgehead atoms. The highest BCUT2D eigenvalue weighted by atomic mass is 16.3. The number of aliphatic hydroxyl groups is 1. The van der Waals surface area contributed by atoms with Gasteiger partial charge in [0.2, 0.25) is 0 Å². The van der Waals surface area contributed by atoms with Crippen LogP contribution in [-0.4, -0.2) is 17.3 Å². The lowest BCUT2D eigenvalue weighted by Crippen LogP contribution is -2.34. The van der Waals surface area contributed by atoms with Crippen molar-refractivity contribution >= 4 is 0 Å². The Morgan fingerprint density at radius 1 is 1.35 bits per heavy atom. The lowest BCUT2D eigenvalue weighted by molar-refractivity contribution is 0.116. The molecule has 2 heteroatoms. The fraction of sp³-hybridized carbons (Fsp3) is 0.778. The Morgan fingerprint density at radius 3 is 2.85 bits per heavy atom. The first-order chi connectivity index (χ1) is 9.63. The molecule has 2 nitrogen and oxygen atoms in total. The summed E-state index contributed by atoms with van der Waals surface area (Å²) in [5.41, 5.74) is 5.80. The average molecular weight is 277 g/mol. The van der Waals surface area contributed by atoms with Gasteiger partial charge >= 0.3 is 0 Å². The smallest absolute Gasteiger partial charge is 0.0688 e. The van der Waals surface area contributed by atoms with E-state index in [0.29, 0.717) is 11.8 Å². The van der Waals surface area contributed by atoms with Crippen LogP contribution in [0.2, 0.25) is 0 Å². The molecule has 114 valence electrons. The summed E-state index contributed by atoms with van der Waals surface area (Å²) in [6.45, 7) is 4.09. The summed E-state index contributed by atoms with van der Waals surface area (Å²) in [6, 6.07) is -0.113. The van der Waals surface area contributed by atoms with E-state index in [1.165, 1.54) is 19.3 Å². The van der Waals surface area contributed by atoms with Gasteiger partial charge in [0.1, 0.15) is 0 Å². The maximum Gasteiger partial charge on any atom is 0.0688 e. The Morgan fingerprint density at radius 2 is 2.15 bits per heavy atom. The summed E-state index contributed by atoms with van der Waals surface area (Å²) < 4.78 is 0. The molecular formula is C18H31NO. The van der Waals surface area contributed by atoms with E-state index in [2.05, 4.69) is 31.2 Å². The minimum atomic E-state index is -0.350. The molecule has 0 heterocycles. The highest BCUT2D eigenvalue weighted by Crippen LogP contribution is 2.46. The predicted octanol–water partition coefficient (Wildman–Crippen LogP) is 3.66. The maximum atomic E-state index is 10.00. The highest BCUT2D eigenvalue weighted by molar-refractivity contribution is 5.13. The molecule has 0 spiro atoms. The molecule has 0 aromatic rings. The van der Waals surface area contributed by atoms with E-state index in [0.717, 1.165) is 31.1 Å². The van der Waals surface area contributed by atoms with Crippen LogP contribution in [0, 0.1) is 23.7 Å². The van der Waals surface area contributed by atoms with Crippen LogP contribution in [0.4, 0.5) is 0 Å². The third-order valence-corrected chi connectivity index (χ3v) is 5.25. The summed E-state index contributed by atoms with van der Waals surface area (Å²) in [5.74, 6) is 2.88. The SMILES string of the molecule is CC/C=C/[C@@H]1C=C[C@@H]2CCC[C@H]2[C@@H]1CC[C@H](O)[C@H](C)N. The first kappa shape index (κ1) is 15.8. The van der Waals surface area contributed by atoms with Crippen LogP contribution in [0.3, 0.4) is 0 Å². The van der Waals surface area contributed by atoms with Gasteiger partial charge in [0.15, 0.2) is 0 Å². The molecule has 3 N–H and O–H groups in total. The summed E-state index contributed by atoms with van der Waals surface area (Å²) in [6.07, 6.45) is 16.3. The summed E-state index contributed by atoms with van der Waals surface area (Å²) in [5, 5.41) is 10.00. The third-order valence-electron chi connectivity index (χ3n) is 5.25. The first-order valence-corrected chi connectivity index (χ1v) is 8.42. The minimum Gasteiger partial charge on any atom is -0.392 e. The number of nitrogens with two attached hydrogens (primary N) is 1. The molecular weight excluding hydrogens is 246 g/mol. The highest BCUT2D eigenvalue weighted by Gasteiger charge is 2.37. The van der Waals surface area contributed by atoms with Crippen molar-refractivity contribution in [2.45, 2.75) is 64.5 Å². The number of fused-ring (bicyclic) bond motifs is 1. The fourth-order valence-corrected chi connectivity index (χ4v) is 4.02. The molecule has 0 radical (unpaired) electrons. The zero-order valence-electron chi connectivity index (χ0n) is 13.0. The van der Waals surface area contributed by atoms with Gasteiger partial charge in [-0.15, -0.1) is 0 Å². The largest absolute Gasteiger partial charge is 0.392 e. The quantitative estimate of drug-likeness (QED) is 0.728. The molecule has 2 aliphatic rings. The molecule has 6 atom stereocenters. The molecule has 0 aromatic heterocycles. The second kappa shape index (κ2) is 7.42. The molecule has 2 aliphatic carbocycles. The Bertz CT molecular complexity index is 347. The fourth-order valence-electron chi connectivity index (χ4n) is 4.02. The van der Waals surface area contributed by atoms with Gasteiger partial charge in [0.25, 0.3) is 0 Å². The van der Waals surface area contributed by atoms with Crippen LogP contribution < -0.4 is 5.73 Å². The van der Waals surface area contributed by atoms with Crippen molar-refractivity contribution in [3.05, 3.63) is 24.3 Å². The number of rotatable bonds is 6. The van der Waals surface area contributed by atoms with Gasteiger partial charge in [-0.05, 0) is 62.7 Å². The Kier molecular flexibility index (Phi) is 5.86. The van der Waals surface area contributed by atoms with Crippen molar-refractivity contribution in [2.24, 2.45) is 29.4 Å². The van der Waals surface area contributed by atoms with Gasteiger partial charge in [-0.3, -0.25) is 0 Å². The molecule has 0 aromatic carbocycles. The lowest BCUT2D eigenvalue weighted by atomic mass is 9.69. The Balaban J connectivity index is 2.03. The van der Waals surface area contributed by atoms with Crippen LogP contribution in [0.5, 0.6) is 0 Å². The minimum absolute atomic E-state index is 0.113. The molecule has 0 saturated heterocycles. The van der Waals surface area contributed by atoms with Crippen LogP contribution in [0.25, 0.3) is 0 Å². The monoisotopic (exact) mass is 277 g/mol. The van der Waals surface area contributed by atoms with Crippen molar-refractivity contribution in [2.75, 3.05) is 0 Å². The van der Waals surface area contributed by atoms with E-state index in [9.17, 15) is 5.11 Å². The van der Waals surface area contributed by atoms with E-state index in [1.807, 2.05) is 6.92 Å². The predicted molar refractivity (Wildman–Crippen MR) is 85.3 cm³/mol. The van der Waals surface area contributed by atoms with Crippen LogP contribution in [0.1, 0.15) is 52.4 Å². The first-order valence-electron chi connectivity index (χ1n) is 8.42. The number of hydrogen-bond donors (Lipinski definition) is 2. The normalized spacial score (nSPS) is 36.2. The topological polar surface area (TPSA) is 46.2 Å². The molecule has 1 saturated carbocycles. The van der Waals surface area contributed by atoms with Crippen molar-refractivity contribution in [3.8, 4) is 0 Å². The Hall–Kier alpha value is -0.600. The van der Waals surface area contributed by atoms with E-state index >= 15 is 0 Å². The van der Waals surface area contributed by atoms with E-state index in [-0.39, 0.29) is 12.1 Å². The average Bonchev–Trinajstić information content (AvgIpc) is 2.90.